The third-order valence-electron chi connectivity index (χ3n) is 4.76. The Balaban J connectivity index is 1.92. The van der Waals surface area contributed by atoms with Gasteiger partial charge < -0.3 is 5.32 Å². The molecule has 2 N–H and O–H groups in total. The summed E-state index contributed by atoms with van der Waals surface area (Å²) in [6, 6.07) is 4.07. The van der Waals surface area contributed by atoms with Crippen molar-refractivity contribution in [3.8, 4) is 0 Å². The third-order valence-corrected chi connectivity index (χ3v) is 6.31. The highest BCUT2D eigenvalue weighted by molar-refractivity contribution is 7.89. The van der Waals surface area contributed by atoms with E-state index in [1.807, 2.05) is 26.1 Å². The van der Waals surface area contributed by atoms with E-state index in [0.717, 1.165) is 40.4 Å². The van der Waals surface area contributed by atoms with Crippen molar-refractivity contribution in [2.24, 2.45) is 5.92 Å². The van der Waals surface area contributed by atoms with Crippen LogP contribution in [0.2, 0.25) is 0 Å². The summed E-state index contributed by atoms with van der Waals surface area (Å²) in [6.07, 6.45) is 4.14. The second-order valence-corrected chi connectivity index (χ2v) is 9.00. The van der Waals surface area contributed by atoms with Gasteiger partial charge in [0.05, 0.1) is 4.90 Å². The van der Waals surface area contributed by atoms with Crippen LogP contribution in [0, 0.1) is 5.92 Å². The van der Waals surface area contributed by atoms with E-state index in [4.69, 9.17) is 0 Å². The average Bonchev–Trinajstić information content (AvgIpc) is 3.29. The standard InChI is InChI=1S/C18H23N3O2S/c1-11(2)7-21-24(22,23)18-15-6-17(12-3-4-12)20-9-14(15)5-13-8-19-10-16(13)18/h5-6,9,11-12,19,21H,3-4,7-8,10H2,1-2H3. The molecular formula is C18H23N3O2S. The normalized spacial score (nSPS) is 17.6. The predicted octanol–water partition coefficient (Wildman–Crippen LogP) is 2.65. The topological polar surface area (TPSA) is 71.1 Å². The van der Waals surface area contributed by atoms with Crippen molar-refractivity contribution in [1.82, 2.24) is 15.0 Å². The first kappa shape index (κ1) is 16.0. The number of nitrogens with zero attached hydrogens (tertiary/aromatic N) is 1. The lowest BCUT2D eigenvalue weighted by Gasteiger charge is -2.15. The summed E-state index contributed by atoms with van der Waals surface area (Å²) >= 11 is 0. The fourth-order valence-corrected chi connectivity index (χ4v) is 5.00. The van der Waals surface area contributed by atoms with Gasteiger partial charge in [0.1, 0.15) is 0 Å². The second kappa shape index (κ2) is 5.79. The van der Waals surface area contributed by atoms with E-state index in [-0.39, 0.29) is 5.92 Å². The molecule has 0 spiro atoms. The van der Waals surface area contributed by atoms with E-state index in [9.17, 15) is 8.42 Å². The Morgan fingerprint density at radius 3 is 2.79 bits per heavy atom. The Morgan fingerprint density at radius 2 is 2.08 bits per heavy atom. The van der Waals surface area contributed by atoms with Gasteiger partial charge in [0.15, 0.2) is 0 Å². The summed E-state index contributed by atoms with van der Waals surface area (Å²) in [5.74, 6) is 0.768. The molecule has 0 bridgehead atoms. The molecule has 6 heteroatoms. The molecule has 1 saturated carbocycles. The first-order valence-corrected chi connectivity index (χ1v) is 10.1. The first-order valence-electron chi connectivity index (χ1n) is 8.60. The molecule has 5 nitrogen and oxygen atoms in total. The van der Waals surface area contributed by atoms with Crippen molar-refractivity contribution >= 4 is 20.8 Å². The highest BCUT2D eigenvalue weighted by Gasteiger charge is 2.29. The summed E-state index contributed by atoms with van der Waals surface area (Å²) in [4.78, 5) is 5.01. The van der Waals surface area contributed by atoms with Crippen molar-refractivity contribution in [3.05, 3.63) is 35.2 Å². The molecule has 0 radical (unpaired) electrons. The van der Waals surface area contributed by atoms with Crippen LogP contribution in [-0.2, 0) is 23.1 Å². The maximum atomic E-state index is 13.0. The third kappa shape index (κ3) is 2.83. The van der Waals surface area contributed by atoms with E-state index in [1.165, 1.54) is 0 Å². The van der Waals surface area contributed by atoms with Gasteiger partial charge in [-0.15, -0.1) is 0 Å². The molecule has 2 heterocycles. The minimum absolute atomic E-state index is 0.268. The Hall–Kier alpha value is -1.50. The van der Waals surface area contributed by atoms with Crippen LogP contribution in [0.3, 0.4) is 0 Å². The molecule has 0 atom stereocenters. The highest BCUT2D eigenvalue weighted by atomic mass is 32.2. The molecule has 4 rings (SSSR count). The van der Waals surface area contributed by atoms with Crippen LogP contribution in [0.25, 0.3) is 10.8 Å². The minimum atomic E-state index is -3.55. The van der Waals surface area contributed by atoms with E-state index >= 15 is 0 Å². The van der Waals surface area contributed by atoms with E-state index in [1.54, 1.807) is 0 Å². The molecular weight excluding hydrogens is 322 g/mol. The number of pyridine rings is 1. The SMILES string of the molecule is CC(C)CNS(=O)(=O)c1c2c(cc3cnc(C4CC4)cc13)CNC2. The lowest BCUT2D eigenvalue weighted by Crippen LogP contribution is -2.28. The van der Waals surface area contributed by atoms with E-state index in [2.05, 4.69) is 21.1 Å². The van der Waals surface area contributed by atoms with E-state index < -0.39 is 10.0 Å². The van der Waals surface area contributed by atoms with Crippen molar-refractivity contribution in [1.29, 1.82) is 0 Å². The van der Waals surface area contributed by atoms with Crippen LogP contribution in [0.1, 0.15) is 49.4 Å². The fraction of sp³-hybridized carbons (Fsp3) is 0.500. The summed E-state index contributed by atoms with van der Waals surface area (Å²) in [6.45, 7) is 5.77. The van der Waals surface area contributed by atoms with Gasteiger partial charge >= 0.3 is 0 Å². The van der Waals surface area contributed by atoms with Crippen LogP contribution in [0.5, 0.6) is 0 Å². The van der Waals surface area contributed by atoms with Crippen LogP contribution in [0.4, 0.5) is 0 Å². The molecule has 128 valence electrons. The molecule has 0 unspecified atom stereocenters. The molecule has 1 aromatic carbocycles. The number of sulfonamides is 1. The van der Waals surface area contributed by atoms with Crippen molar-refractivity contribution in [2.75, 3.05) is 6.54 Å². The molecule has 0 amide bonds. The van der Waals surface area contributed by atoms with Crippen LogP contribution in [-0.4, -0.2) is 19.9 Å². The summed E-state index contributed by atoms with van der Waals surface area (Å²) in [5.41, 5.74) is 2.99. The fourth-order valence-electron chi connectivity index (χ4n) is 3.31. The molecule has 1 aliphatic carbocycles. The number of hydrogen-bond acceptors (Lipinski definition) is 4. The highest BCUT2D eigenvalue weighted by Crippen LogP contribution is 2.41. The quantitative estimate of drug-likeness (QED) is 0.874. The van der Waals surface area contributed by atoms with Gasteiger partial charge in [0.25, 0.3) is 0 Å². The second-order valence-electron chi connectivity index (χ2n) is 7.30. The van der Waals surface area contributed by atoms with Crippen LogP contribution in [0.15, 0.2) is 23.2 Å². The van der Waals surface area contributed by atoms with Gasteiger partial charge in [-0.25, -0.2) is 13.1 Å². The number of nitrogens with one attached hydrogen (secondary N) is 2. The average molecular weight is 345 g/mol. The Kier molecular flexibility index (Phi) is 3.86. The Bertz CT molecular complexity index is 902. The van der Waals surface area contributed by atoms with Crippen molar-refractivity contribution in [3.63, 3.8) is 0 Å². The van der Waals surface area contributed by atoms with Crippen LogP contribution >= 0.6 is 0 Å². The largest absolute Gasteiger partial charge is 0.309 e. The molecule has 1 fully saturated rings. The Morgan fingerprint density at radius 1 is 1.29 bits per heavy atom. The number of aromatic nitrogens is 1. The van der Waals surface area contributed by atoms with Crippen molar-refractivity contribution < 1.29 is 8.42 Å². The smallest absolute Gasteiger partial charge is 0.241 e. The van der Waals surface area contributed by atoms with Gasteiger partial charge in [-0.05, 0) is 42.0 Å². The van der Waals surface area contributed by atoms with Gasteiger partial charge in [0, 0.05) is 48.2 Å². The lowest BCUT2D eigenvalue weighted by atomic mass is 10.0. The lowest BCUT2D eigenvalue weighted by molar-refractivity contribution is 0.560. The number of rotatable bonds is 5. The molecule has 2 aliphatic rings. The van der Waals surface area contributed by atoms with Gasteiger partial charge in [-0.2, -0.15) is 0 Å². The van der Waals surface area contributed by atoms with Crippen LogP contribution < -0.4 is 10.0 Å². The number of hydrogen-bond donors (Lipinski definition) is 2. The molecule has 0 saturated heterocycles. The first-order chi connectivity index (χ1) is 11.5. The molecule has 2 aromatic rings. The summed E-state index contributed by atoms with van der Waals surface area (Å²) in [5, 5.41) is 5.00. The molecule has 24 heavy (non-hydrogen) atoms. The minimum Gasteiger partial charge on any atom is -0.309 e. The maximum absolute atomic E-state index is 13.0. The zero-order valence-electron chi connectivity index (χ0n) is 14.1. The summed E-state index contributed by atoms with van der Waals surface area (Å²) < 4.78 is 28.9. The van der Waals surface area contributed by atoms with E-state index in [0.29, 0.717) is 30.4 Å². The zero-order chi connectivity index (χ0) is 16.9. The summed E-state index contributed by atoms with van der Waals surface area (Å²) in [7, 11) is -3.55. The number of fused-ring (bicyclic) bond motifs is 2. The number of benzene rings is 1. The molecule has 1 aliphatic heterocycles. The Labute approximate surface area is 142 Å². The monoisotopic (exact) mass is 345 g/mol. The van der Waals surface area contributed by atoms with Gasteiger partial charge in [-0.3, -0.25) is 4.98 Å². The molecule has 1 aromatic heterocycles. The zero-order valence-corrected chi connectivity index (χ0v) is 14.9. The predicted molar refractivity (Wildman–Crippen MR) is 94.3 cm³/mol. The van der Waals surface area contributed by atoms with Crippen molar-refractivity contribution in [2.45, 2.75) is 50.6 Å². The van der Waals surface area contributed by atoms with Gasteiger partial charge in [-0.1, -0.05) is 13.8 Å². The maximum Gasteiger partial charge on any atom is 0.241 e. The van der Waals surface area contributed by atoms with Gasteiger partial charge in [0.2, 0.25) is 10.0 Å².